The summed E-state index contributed by atoms with van der Waals surface area (Å²) in [5.74, 6) is 0.681. The molecule has 21 heavy (non-hydrogen) atoms. The molecule has 0 amide bonds. The SMILES string of the molecule is CCCCn1nc(OCCN(C)C)c2cc(Cl)ccc21.Cl. The maximum atomic E-state index is 6.09. The summed E-state index contributed by atoms with van der Waals surface area (Å²) < 4.78 is 7.83. The van der Waals surface area contributed by atoms with E-state index >= 15 is 0 Å². The monoisotopic (exact) mass is 331 g/mol. The standard InChI is InChI=1S/C15H22ClN3O.ClH/c1-4-5-8-19-14-7-6-12(16)11-13(14)15(17-19)20-10-9-18(2)3;/h6-7,11H,4-5,8-10H2,1-3H3;1H. The van der Waals surface area contributed by atoms with Gasteiger partial charge in [-0.2, -0.15) is 0 Å². The van der Waals surface area contributed by atoms with Gasteiger partial charge in [-0.25, -0.2) is 0 Å². The van der Waals surface area contributed by atoms with Crippen LogP contribution in [0, 0.1) is 0 Å². The van der Waals surface area contributed by atoms with E-state index in [9.17, 15) is 0 Å². The number of hydrogen-bond acceptors (Lipinski definition) is 3. The highest BCUT2D eigenvalue weighted by Gasteiger charge is 2.12. The number of rotatable bonds is 7. The van der Waals surface area contributed by atoms with Crippen molar-refractivity contribution in [3.05, 3.63) is 23.2 Å². The van der Waals surface area contributed by atoms with Gasteiger partial charge in [0.25, 0.3) is 0 Å². The molecule has 0 aliphatic carbocycles. The molecule has 4 nitrogen and oxygen atoms in total. The van der Waals surface area contributed by atoms with Gasteiger partial charge in [-0.05, 0) is 38.7 Å². The number of benzene rings is 1. The topological polar surface area (TPSA) is 30.3 Å². The first kappa shape index (κ1) is 18.1. The van der Waals surface area contributed by atoms with Crippen LogP contribution in [0.4, 0.5) is 0 Å². The molecule has 0 saturated carbocycles. The average molecular weight is 332 g/mol. The Bertz CT molecular complexity index is 569. The van der Waals surface area contributed by atoms with Gasteiger partial charge in [-0.1, -0.05) is 24.9 Å². The van der Waals surface area contributed by atoms with Crippen molar-refractivity contribution in [2.45, 2.75) is 26.3 Å². The highest BCUT2D eigenvalue weighted by Crippen LogP contribution is 2.28. The van der Waals surface area contributed by atoms with E-state index < -0.39 is 0 Å². The van der Waals surface area contributed by atoms with Gasteiger partial charge >= 0.3 is 0 Å². The Labute approximate surface area is 137 Å². The van der Waals surface area contributed by atoms with E-state index in [0.717, 1.165) is 36.8 Å². The van der Waals surface area contributed by atoms with Crippen molar-refractivity contribution >= 4 is 34.9 Å². The van der Waals surface area contributed by atoms with Gasteiger partial charge in [-0.3, -0.25) is 4.68 Å². The summed E-state index contributed by atoms with van der Waals surface area (Å²) in [6, 6.07) is 5.84. The number of nitrogens with zero attached hydrogens (tertiary/aromatic N) is 3. The highest BCUT2D eigenvalue weighted by atomic mass is 35.5. The predicted octanol–water partition coefficient (Wildman–Crippen LogP) is 3.85. The Hall–Kier alpha value is -0.970. The van der Waals surface area contributed by atoms with Gasteiger partial charge in [0.05, 0.1) is 10.9 Å². The third-order valence-electron chi connectivity index (χ3n) is 3.18. The van der Waals surface area contributed by atoms with E-state index in [1.54, 1.807) is 0 Å². The molecule has 0 aliphatic rings. The summed E-state index contributed by atoms with van der Waals surface area (Å²) in [5.41, 5.74) is 1.09. The fourth-order valence-electron chi connectivity index (χ4n) is 2.03. The number of hydrogen-bond donors (Lipinski definition) is 0. The van der Waals surface area contributed by atoms with Crippen LogP contribution >= 0.6 is 24.0 Å². The van der Waals surface area contributed by atoms with Crippen LogP contribution in [0.3, 0.4) is 0 Å². The molecule has 0 bridgehead atoms. The zero-order valence-electron chi connectivity index (χ0n) is 12.8. The first-order chi connectivity index (χ1) is 9.61. The molecular formula is C15H23Cl2N3O. The summed E-state index contributed by atoms with van der Waals surface area (Å²) >= 11 is 6.09. The molecule has 2 rings (SSSR count). The Balaban J connectivity index is 0.00000220. The molecule has 1 aromatic carbocycles. The highest BCUT2D eigenvalue weighted by molar-refractivity contribution is 6.31. The first-order valence-corrected chi connectivity index (χ1v) is 7.43. The van der Waals surface area contributed by atoms with Crippen LogP contribution in [0.5, 0.6) is 5.88 Å². The smallest absolute Gasteiger partial charge is 0.240 e. The Kier molecular flexibility index (Phi) is 7.29. The van der Waals surface area contributed by atoms with Crippen molar-refractivity contribution in [3.63, 3.8) is 0 Å². The van der Waals surface area contributed by atoms with Crippen LogP contribution < -0.4 is 4.74 Å². The molecule has 0 spiro atoms. The van der Waals surface area contributed by atoms with Crippen molar-refractivity contribution in [1.82, 2.24) is 14.7 Å². The van der Waals surface area contributed by atoms with Crippen LogP contribution in [0.15, 0.2) is 18.2 Å². The van der Waals surface area contributed by atoms with E-state index in [1.165, 1.54) is 0 Å². The summed E-state index contributed by atoms with van der Waals surface area (Å²) in [6.45, 7) is 4.58. The lowest BCUT2D eigenvalue weighted by molar-refractivity contribution is 0.253. The molecule has 1 heterocycles. The number of fused-ring (bicyclic) bond motifs is 1. The van der Waals surface area contributed by atoms with E-state index in [1.807, 2.05) is 37.0 Å². The molecule has 0 aliphatic heterocycles. The number of unbranched alkanes of at least 4 members (excludes halogenated alkanes) is 1. The van der Waals surface area contributed by atoms with Crippen molar-refractivity contribution in [1.29, 1.82) is 0 Å². The van der Waals surface area contributed by atoms with Crippen LogP contribution in [-0.2, 0) is 6.54 Å². The fraction of sp³-hybridized carbons (Fsp3) is 0.533. The summed E-state index contributed by atoms with van der Waals surface area (Å²) in [6.07, 6.45) is 2.25. The molecule has 1 aromatic heterocycles. The number of halogens is 2. The Morgan fingerprint density at radius 1 is 1.33 bits per heavy atom. The second-order valence-electron chi connectivity index (χ2n) is 5.20. The minimum atomic E-state index is 0. The zero-order chi connectivity index (χ0) is 14.5. The molecule has 0 radical (unpaired) electrons. The van der Waals surface area contributed by atoms with Crippen LogP contribution in [0.2, 0.25) is 5.02 Å². The number of aryl methyl sites for hydroxylation is 1. The Morgan fingerprint density at radius 2 is 2.10 bits per heavy atom. The van der Waals surface area contributed by atoms with Crippen molar-refractivity contribution in [2.75, 3.05) is 27.2 Å². The van der Waals surface area contributed by atoms with Gasteiger partial charge in [0.1, 0.15) is 6.61 Å². The molecule has 6 heteroatoms. The second-order valence-corrected chi connectivity index (χ2v) is 5.63. The quantitative estimate of drug-likeness (QED) is 0.771. The lowest BCUT2D eigenvalue weighted by atomic mass is 10.2. The average Bonchev–Trinajstić information content (AvgIpc) is 2.74. The molecule has 118 valence electrons. The molecule has 0 atom stereocenters. The van der Waals surface area contributed by atoms with E-state index in [4.69, 9.17) is 16.3 Å². The Morgan fingerprint density at radius 3 is 2.76 bits per heavy atom. The molecule has 0 N–H and O–H groups in total. The molecular weight excluding hydrogens is 309 g/mol. The van der Waals surface area contributed by atoms with E-state index in [-0.39, 0.29) is 12.4 Å². The number of aromatic nitrogens is 2. The summed E-state index contributed by atoms with van der Waals surface area (Å²) in [4.78, 5) is 2.09. The van der Waals surface area contributed by atoms with Gasteiger partial charge in [0, 0.05) is 18.1 Å². The minimum absolute atomic E-state index is 0. The minimum Gasteiger partial charge on any atom is -0.475 e. The lowest BCUT2D eigenvalue weighted by Gasteiger charge is -2.09. The first-order valence-electron chi connectivity index (χ1n) is 7.05. The summed E-state index contributed by atoms with van der Waals surface area (Å²) in [7, 11) is 4.05. The van der Waals surface area contributed by atoms with E-state index in [0.29, 0.717) is 17.5 Å². The largest absolute Gasteiger partial charge is 0.475 e. The van der Waals surface area contributed by atoms with Crippen molar-refractivity contribution in [2.24, 2.45) is 0 Å². The lowest BCUT2D eigenvalue weighted by Crippen LogP contribution is -2.19. The van der Waals surface area contributed by atoms with Gasteiger partial charge < -0.3 is 9.64 Å². The normalized spacial score (nSPS) is 10.9. The van der Waals surface area contributed by atoms with Crippen LogP contribution in [-0.4, -0.2) is 41.9 Å². The predicted molar refractivity (Wildman–Crippen MR) is 90.9 cm³/mol. The molecule has 2 aromatic rings. The second kappa shape index (κ2) is 8.47. The third kappa shape index (κ3) is 4.77. The van der Waals surface area contributed by atoms with Gasteiger partial charge in [0.2, 0.25) is 5.88 Å². The summed E-state index contributed by atoms with van der Waals surface area (Å²) in [5, 5.41) is 6.29. The van der Waals surface area contributed by atoms with Crippen LogP contribution in [0.25, 0.3) is 10.9 Å². The van der Waals surface area contributed by atoms with Gasteiger partial charge in [0.15, 0.2) is 0 Å². The third-order valence-corrected chi connectivity index (χ3v) is 3.41. The maximum Gasteiger partial charge on any atom is 0.240 e. The fourth-order valence-corrected chi connectivity index (χ4v) is 2.20. The molecule has 0 saturated heterocycles. The number of ether oxygens (including phenoxy) is 1. The zero-order valence-corrected chi connectivity index (χ0v) is 14.4. The van der Waals surface area contributed by atoms with Crippen molar-refractivity contribution < 1.29 is 4.74 Å². The van der Waals surface area contributed by atoms with Crippen molar-refractivity contribution in [3.8, 4) is 5.88 Å². The number of likely N-dealkylation sites (N-methyl/N-ethyl adjacent to an activating group) is 1. The van der Waals surface area contributed by atoms with Crippen LogP contribution in [0.1, 0.15) is 19.8 Å². The molecule has 0 unspecified atom stereocenters. The maximum absolute atomic E-state index is 6.09. The van der Waals surface area contributed by atoms with E-state index in [2.05, 4.69) is 16.9 Å². The molecule has 0 fully saturated rings. The van der Waals surface area contributed by atoms with Gasteiger partial charge in [-0.15, -0.1) is 17.5 Å².